The van der Waals surface area contributed by atoms with E-state index in [2.05, 4.69) is 5.32 Å². The average molecular weight is 531 g/mol. The molecule has 3 aromatic rings. The molecule has 1 fully saturated rings. The number of imide groups is 2. The molecular weight excluding hydrogens is 515 g/mol. The Hall–Kier alpha value is -4.28. The fourth-order valence-corrected chi connectivity index (χ4v) is 3.70. The lowest BCUT2D eigenvalue weighted by Gasteiger charge is -2.27. The Balaban J connectivity index is 1.59. The lowest BCUT2D eigenvalue weighted by molar-refractivity contribution is -0.122. The van der Waals surface area contributed by atoms with Crippen LogP contribution in [0.3, 0.4) is 0 Å². The number of barbiturate groups is 1. The van der Waals surface area contributed by atoms with Crippen molar-refractivity contribution in [1.29, 1.82) is 0 Å². The Labute approximate surface area is 213 Å². The summed E-state index contributed by atoms with van der Waals surface area (Å²) in [6, 6.07) is 10.9. The van der Waals surface area contributed by atoms with Gasteiger partial charge in [-0.05, 0) is 48.0 Å². The van der Waals surface area contributed by atoms with Crippen molar-refractivity contribution in [2.45, 2.75) is 6.61 Å². The summed E-state index contributed by atoms with van der Waals surface area (Å²) in [4.78, 5) is 49.7. The molecule has 2 aromatic carbocycles. The van der Waals surface area contributed by atoms with E-state index >= 15 is 0 Å². The molecule has 4 amide bonds. The van der Waals surface area contributed by atoms with Crippen molar-refractivity contribution >= 4 is 58.8 Å². The van der Waals surface area contributed by atoms with Crippen molar-refractivity contribution in [2.24, 2.45) is 0 Å². The number of carbonyl (C=O) groups is 4. The number of hydrogen-bond donors (Lipinski definition) is 2. The molecule has 10 nitrogen and oxygen atoms in total. The topological polar surface area (TPSA) is 135 Å². The summed E-state index contributed by atoms with van der Waals surface area (Å²) < 4.78 is 16.1. The maximum atomic E-state index is 13.1. The molecule has 0 aliphatic carbocycles. The summed E-state index contributed by atoms with van der Waals surface area (Å²) in [5.41, 5.74) is 0.101. The number of benzene rings is 2. The van der Waals surface area contributed by atoms with E-state index in [1.54, 1.807) is 6.07 Å². The van der Waals surface area contributed by atoms with E-state index in [-0.39, 0.29) is 45.2 Å². The summed E-state index contributed by atoms with van der Waals surface area (Å²) in [5.74, 6) is -2.33. The van der Waals surface area contributed by atoms with Crippen molar-refractivity contribution in [1.82, 2.24) is 5.32 Å². The van der Waals surface area contributed by atoms with E-state index in [1.807, 2.05) is 0 Å². The number of rotatable bonds is 7. The van der Waals surface area contributed by atoms with Gasteiger partial charge < -0.3 is 19.0 Å². The zero-order valence-corrected chi connectivity index (χ0v) is 19.9. The second-order valence-electron chi connectivity index (χ2n) is 7.30. The van der Waals surface area contributed by atoms with Gasteiger partial charge in [0.1, 0.15) is 17.9 Å². The third kappa shape index (κ3) is 4.90. The fourth-order valence-electron chi connectivity index (χ4n) is 3.32. The molecule has 2 heterocycles. The molecule has 0 atom stereocenters. The Morgan fingerprint density at radius 2 is 1.89 bits per heavy atom. The maximum Gasteiger partial charge on any atom is 0.371 e. The van der Waals surface area contributed by atoms with Gasteiger partial charge in [0.05, 0.1) is 22.8 Å². The van der Waals surface area contributed by atoms with Crippen LogP contribution in [0.4, 0.5) is 10.5 Å². The predicted molar refractivity (Wildman–Crippen MR) is 128 cm³/mol. The van der Waals surface area contributed by atoms with Crippen LogP contribution in [0.25, 0.3) is 6.08 Å². The van der Waals surface area contributed by atoms with Crippen LogP contribution in [0.5, 0.6) is 11.5 Å². The highest BCUT2D eigenvalue weighted by Crippen LogP contribution is 2.35. The van der Waals surface area contributed by atoms with Crippen LogP contribution < -0.4 is 19.7 Å². The minimum atomic E-state index is -1.20. The van der Waals surface area contributed by atoms with E-state index in [0.29, 0.717) is 11.3 Å². The molecule has 0 radical (unpaired) electrons. The number of nitrogens with one attached hydrogen (secondary N) is 1. The van der Waals surface area contributed by atoms with E-state index in [9.17, 15) is 19.2 Å². The van der Waals surface area contributed by atoms with Gasteiger partial charge in [-0.15, -0.1) is 0 Å². The summed E-state index contributed by atoms with van der Waals surface area (Å²) in [5, 5.41) is 11.2. The van der Waals surface area contributed by atoms with Crippen molar-refractivity contribution in [3.05, 3.63) is 81.2 Å². The molecule has 12 heteroatoms. The van der Waals surface area contributed by atoms with Gasteiger partial charge in [-0.3, -0.25) is 14.9 Å². The monoisotopic (exact) mass is 530 g/mol. The molecule has 1 saturated heterocycles. The molecule has 1 aliphatic rings. The van der Waals surface area contributed by atoms with Crippen LogP contribution in [0, 0.1) is 0 Å². The summed E-state index contributed by atoms with van der Waals surface area (Å²) in [6.07, 6.45) is 1.29. The minimum absolute atomic E-state index is 0.0217. The van der Waals surface area contributed by atoms with Crippen LogP contribution in [0.15, 0.2) is 58.5 Å². The Morgan fingerprint density at radius 3 is 2.58 bits per heavy atom. The number of anilines is 1. The van der Waals surface area contributed by atoms with Crippen molar-refractivity contribution in [3.63, 3.8) is 0 Å². The smallest absolute Gasteiger partial charge is 0.371 e. The Kier molecular flexibility index (Phi) is 7.00. The molecule has 0 saturated carbocycles. The number of amides is 4. The third-order valence-corrected chi connectivity index (χ3v) is 5.82. The molecule has 1 aromatic heterocycles. The average Bonchev–Trinajstić information content (AvgIpc) is 3.33. The molecule has 0 unspecified atom stereocenters. The van der Waals surface area contributed by atoms with Gasteiger partial charge in [-0.1, -0.05) is 35.3 Å². The van der Waals surface area contributed by atoms with Crippen LogP contribution in [0.2, 0.25) is 10.0 Å². The van der Waals surface area contributed by atoms with E-state index < -0.39 is 23.8 Å². The van der Waals surface area contributed by atoms with Crippen LogP contribution >= 0.6 is 23.2 Å². The number of urea groups is 1. The van der Waals surface area contributed by atoms with Crippen molar-refractivity contribution in [3.8, 4) is 11.5 Å². The molecular formula is C24H16Cl2N2O8. The van der Waals surface area contributed by atoms with Gasteiger partial charge in [-0.25, -0.2) is 14.5 Å². The van der Waals surface area contributed by atoms with Gasteiger partial charge in [-0.2, -0.15) is 0 Å². The Bertz CT molecular complexity index is 1430. The number of nitrogens with zero attached hydrogens (tertiary/aromatic N) is 1. The van der Waals surface area contributed by atoms with Gasteiger partial charge in [0, 0.05) is 0 Å². The number of halogens is 2. The molecule has 0 spiro atoms. The third-order valence-electron chi connectivity index (χ3n) is 5.01. The fraction of sp³-hybridized carbons (Fsp3) is 0.0833. The van der Waals surface area contributed by atoms with Crippen molar-refractivity contribution in [2.75, 3.05) is 12.0 Å². The summed E-state index contributed by atoms with van der Waals surface area (Å²) >= 11 is 12.2. The van der Waals surface area contributed by atoms with Crippen LogP contribution in [0.1, 0.15) is 21.9 Å². The summed E-state index contributed by atoms with van der Waals surface area (Å²) in [7, 11) is 1.40. The molecule has 4 rings (SSSR count). The van der Waals surface area contributed by atoms with Gasteiger partial charge in [0.15, 0.2) is 11.5 Å². The summed E-state index contributed by atoms with van der Waals surface area (Å²) in [6.45, 7) is -0.0670. The van der Waals surface area contributed by atoms with E-state index in [1.165, 1.54) is 55.7 Å². The molecule has 0 bridgehead atoms. The predicted octanol–water partition coefficient (Wildman–Crippen LogP) is 4.54. The standard InChI is InChI=1S/C24H16Cl2N2O8/c1-34-19-10-12(5-7-17(19)35-11-13-6-8-18(36-13)23(31)32)9-14-21(29)27-24(33)28(22(14)30)16-4-2-3-15(25)20(16)26/h2-10H,11H2,1H3,(H,31,32)(H,27,29,33)/b14-9+. The van der Waals surface area contributed by atoms with Gasteiger partial charge >= 0.3 is 12.0 Å². The quantitative estimate of drug-likeness (QED) is 0.335. The van der Waals surface area contributed by atoms with Crippen LogP contribution in [-0.2, 0) is 16.2 Å². The first-order valence-corrected chi connectivity index (χ1v) is 10.9. The first kappa shape index (κ1) is 24.8. The molecule has 36 heavy (non-hydrogen) atoms. The number of furan rings is 1. The number of hydrogen-bond acceptors (Lipinski definition) is 7. The van der Waals surface area contributed by atoms with Crippen molar-refractivity contribution < 1.29 is 38.2 Å². The number of ether oxygens (including phenoxy) is 2. The first-order chi connectivity index (χ1) is 17.2. The minimum Gasteiger partial charge on any atom is -0.493 e. The second-order valence-corrected chi connectivity index (χ2v) is 8.09. The van der Waals surface area contributed by atoms with Crippen LogP contribution in [-0.4, -0.2) is 36.0 Å². The second kappa shape index (κ2) is 10.1. The first-order valence-electron chi connectivity index (χ1n) is 10.2. The largest absolute Gasteiger partial charge is 0.493 e. The zero-order chi connectivity index (χ0) is 26.0. The maximum absolute atomic E-state index is 13.1. The molecule has 1 aliphatic heterocycles. The highest BCUT2D eigenvalue weighted by atomic mass is 35.5. The molecule has 2 N–H and O–H groups in total. The molecule has 184 valence electrons. The number of carboxylic acid groups (broad SMARTS) is 1. The lowest BCUT2D eigenvalue weighted by Crippen LogP contribution is -2.54. The van der Waals surface area contributed by atoms with E-state index in [4.69, 9.17) is 42.2 Å². The number of aromatic carboxylic acids is 1. The number of carboxylic acids is 1. The highest BCUT2D eigenvalue weighted by molar-refractivity contribution is 6.46. The number of methoxy groups -OCH3 is 1. The van der Waals surface area contributed by atoms with Gasteiger partial charge in [0.25, 0.3) is 11.8 Å². The lowest BCUT2D eigenvalue weighted by atomic mass is 10.1. The normalized spacial score (nSPS) is 14.7. The SMILES string of the molecule is COc1cc(/C=C2\C(=O)NC(=O)N(c3cccc(Cl)c3Cl)C2=O)ccc1OCc1ccc(C(=O)O)o1. The number of carbonyl (C=O) groups excluding carboxylic acids is 3. The Morgan fingerprint density at radius 1 is 1.11 bits per heavy atom. The van der Waals surface area contributed by atoms with Gasteiger partial charge in [0.2, 0.25) is 5.76 Å². The zero-order valence-electron chi connectivity index (χ0n) is 18.4. The van der Waals surface area contributed by atoms with E-state index in [0.717, 1.165) is 4.90 Å². The highest BCUT2D eigenvalue weighted by Gasteiger charge is 2.38.